The summed E-state index contributed by atoms with van der Waals surface area (Å²) in [6, 6.07) is 5.98. The molecule has 0 saturated carbocycles. The SMILES string of the molecule is CN=C(NCc1cc(Br)ccc1OC)NCC(C)(C)N1CCOCC1.I. The van der Waals surface area contributed by atoms with Gasteiger partial charge >= 0.3 is 0 Å². The highest BCUT2D eigenvalue weighted by molar-refractivity contribution is 14.0. The van der Waals surface area contributed by atoms with Crippen molar-refractivity contribution >= 4 is 45.9 Å². The first kappa shape index (κ1) is 23.5. The minimum absolute atomic E-state index is 0. The summed E-state index contributed by atoms with van der Waals surface area (Å²) in [5, 5.41) is 6.79. The summed E-state index contributed by atoms with van der Waals surface area (Å²) in [6.07, 6.45) is 0. The molecule has 0 aromatic heterocycles. The van der Waals surface area contributed by atoms with Gasteiger partial charge in [0.25, 0.3) is 0 Å². The van der Waals surface area contributed by atoms with Gasteiger partial charge in [-0.3, -0.25) is 9.89 Å². The highest BCUT2D eigenvalue weighted by Gasteiger charge is 2.28. The summed E-state index contributed by atoms with van der Waals surface area (Å²) in [6.45, 7) is 9.48. The lowest BCUT2D eigenvalue weighted by molar-refractivity contribution is -0.00834. The molecule has 0 radical (unpaired) electrons. The van der Waals surface area contributed by atoms with Gasteiger partial charge in [0.1, 0.15) is 5.75 Å². The van der Waals surface area contributed by atoms with Gasteiger partial charge < -0.3 is 20.1 Å². The Morgan fingerprint density at radius 3 is 2.62 bits per heavy atom. The number of nitrogens with zero attached hydrogens (tertiary/aromatic N) is 2. The number of hydrogen-bond donors (Lipinski definition) is 2. The molecule has 148 valence electrons. The van der Waals surface area contributed by atoms with E-state index in [1.54, 1.807) is 14.2 Å². The normalized spacial score (nSPS) is 16.0. The fraction of sp³-hybridized carbons (Fsp3) is 0.611. The molecule has 0 atom stereocenters. The van der Waals surface area contributed by atoms with Crippen LogP contribution in [0.3, 0.4) is 0 Å². The maximum atomic E-state index is 5.45. The summed E-state index contributed by atoms with van der Waals surface area (Å²) in [7, 11) is 3.47. The van der Waals surface area contributed by atoms with Crippen LogP contribution >= 0.6 is 39.9 Å². The van der Waals surface area contributed by atoms with Crippen molar-refractivity contribution in [3.63, 3.8) is 0 Å². The third-order valence-electron chi connectivity index (χ3n) is 4.47. The van der Waals surface area contributed by atoms with Crippen molar-refractivity contribution in [3.8, 4) is 5.75 Å². The van der Waals surface area contributed by atoms with Crippen LogP contribution in [0.1, 0.15) is 19.4 Å². The molecule has 2 rings (SSSR count). The van der Waals surface area contributed by atoms with Crippen LogP contribution in [0.25, 0.3) is 0 Å². The molecule has 0 unspecified atom stereocenters. The molecule has 1 aliphatic rings. The number of halogens is 2. The monoisotopic (exact) mass is 540 g/mol. The Morgan fingerprint density at radius 2 is 2.00 bits per heavy atom. The summed E-state index contributed by atoms with van der Waals surface area (Å²) in [4.78, 5) is 6.78. The van der Waals surface area contributed by atoms with Gasteiger partial charge in [-0.1, -0.05) is 15.9 Å². The van der Waals surface area contributed by atoms with Gasteiger partial charge in [0, 0.05) is 48.8 Å². The van der Waals surface area contributed by atoms with Crippen molar-refractivity contribution < 1.29 is 9.47 Å². The van der Waals surface area contributed by atoms with Crippen molar-refractivity contribution in [1.82, 2.24) is 15.5 Å². The molecule has 0 spiro atoms. The number of morpholine rings is 1. The Balaban J connectivity index is 0.00000338. The number of hydrogen-bond acceptors (Lipinski definition) is 4. The third kappa shape index (κ3) is 6.86. The average Bonchev–Trinajstić information content (AvgIpc) is 2.62. The molecule has 26 heavy (non-hydrogen) atoms. The second kappa shape index (κ2) is 11.3. The molecule has 6 nitrogen and oxygen atoms in total. The van der Waals surface area contributed by atoms with Gasteiger partial charge in [-0.05, 0) is 32.0 Å². The van der Waals surface area contributed by atoms with Crippen LogP contribution in [-0.4, -0.2) is 63.4 Å². The van der Waals surface area contributed by atoms with E-state index in [1.165, 1.54) is 0 Å². The number of nitrogens with one attached hydrogen (secondary N) is 2. The Hall–Kier alpha value is -0.580. The molecule has 0 bridgehead atoms. The van der Waals surface area contributed by atoms with Gasteiger partial charge in [-0.15, -0.1) is 24.0 Å². The first-order valence-electron chi connectivity index (χ1n) is 8.56. The standard InChI is InChI=1S/C18H29BrN4O2.HI/c1-18(2,23-7-9-25-10-8-23)13-22-17(20-3)21-12-14-11-15(19)5-6-16(14)24-4;/h5-6,11H,7-10,12-13H2,1-4H3,(H2,20,21,22);1H. The Kier molecular flexibility index (Phi) is 10.2. The average molecular weight is 541 g/mol. The molecule has 1 aliphatic heterocycles. The Bertz CT molecular complexity index is 593. The van der Waals surface area contributed by atoms with Gasteiger partial charge in [0.15, 0.2) is 5.96 Å². The molecular weight excluding hydrogens is 511 g/mol. The topological polar surface area (TPSA) is 58.1 Å². The quantitative estimate of drug-likeness (QED) is 0.330. The van der Waals surface area contributed by atoms with Gasteiger partial charge in [-0.25, -0.2) is 0 Å². The fourth-order valence-electron chi connectivity index (χ4n) is 2.87. The zero-order chi connectivity index (χ0) is 18.3. The van der Waals surface area contributed by atoms with Crippen LogP contribution in [0.2, 0.25) is 0 Å². The number of ether oxygens (including phenoxy) is 2. The minimum atomic E-state index is 0. The highest BCUT2D eigenvalue weighted by atomic mass is 127. The lowest BCUT2D eigenvalue weighted by Gasteiger charge is -2.41. The Labute approximate surface area is 182 Å². The maximum absolute atomic E-state index is 5.45. The summed E-state index contributed by atoms with van der Waals surface area (Å²) < 4.78 is 11.9. The van der Waals surface area contributed by atoms with Crippen molar-refractivity contribution in [2.75, 3.05) is 47.0 Å². The third-order valence-corrected chi connectivity index (χ3v) is 4.96. The van der Waals surface area contributed by atoms with Crippen molar-refractivity contribution in [3.05, 3.63) is 28.2 Å². The summed E-state index contributed by atoms with van der Waals surface area (Å²) in [5.41, 5.74) is 1.11. The van der Waals surface area contributed by atoms with Crippen molar-refractivity contribution in [2.45, 2.75) is 25.9 Å². The molecule has 8 heteroatoms. The van der Waals surface area contributed by atoms with E-state index < -0.39 is 0 Å². The number of benzene rings is 1. The van der Waals surface area contributed by atoms with E-state index in [-0.39, 0.29) is 29.5 Å². The lowest BCUT2D eigenvalue weighted by Crippen LogP contribution is -2.56. The predicted molar refractivity (Wildman–Crippen MR) is 121 cm³/mol. The zero-order valence-electron chi connectivity index (χ0n) is 16.0. The predicted octanol–water partition coefficient (Wildman–Crippen LogP) is 2.85. The van der Waals surface area contributed by atoms with Crippen LogP contribution < -0.4 is 15.4 Å². The first-order valence-corrected chi connectivity index (χ1v) is 9.35. The van der Waals surface area contributed by atoms with E-state index in [0.717, 1.165) is 54.6 Å². The maximum Gasteiger partial charge on any atom is 0.191 e. The highest BCUT2D eigenvalue weighted by Crippen LogP contribution is 2.22. The van der Waals surface area contributed by atoms with Gasteiger partial charge in [0.2, 0.25) is 0 Å². The second-order valence-corrected chi connectivity index (χ2v) is 7.56. The van der Waals surface area contributed by atoms with Crippen LogP contribution in [0.4, 0.5) is 0 Å². The van der Waals surface area contributed by atoms with E-state index in [4.69, 9.17) is 9.47 Å². The summed E-state index contributed by atoms with van der Waals surface area (Å²) >= 11 is 3.51. The van der Waals surface area contributed by atoms with Gasteiger partial charge in [0.05, 0.1) is 20.3 Å². The molecular formula is C18H30BrIN4O2. The number of guanidine groups is 1. The van der Waals surface area contributed by atoms with Crippen LogP contribution in [-0.2, 0) is 11.3 Å². The fourth-order valence-corrected chi connectivity index (χ4v) is 3.27. The summed E-state index contributed by atoms with van der Waals surface area (Å²) in [5.74, 6) is 1.64. The van der Waals surface area contributed by atoms with Crippen LogP contribution in [0, 0.1) is 0 Å². The second-order valence-electron chi connectivity index (χ2n) is 6.65. The van der Waals surface area contributed by atoms with Crippen LogP contribution in [0.15, 0.2) is 27.7 Å². The van der Waals surface area contributed by atoms with Crippen molar-refractivity contribution in [2.24, 2.45) is 4.99 Å². The minimum Gasteiger partial charge on any atom is -0.496 e. The molecule has 0 amide bonds. The molecule has 1 saturated heterocycles. The Morgan fingerprint density at radius 1 is 1.31 bits per heavy atom. The molecule has 2 N–H and O–H groups in total. The lowest BCUT2D eigenvalue weighted by atomic mass is 10.0. The zero-order valence-corrected chi connectivity index (χ0v) is 19.9. The van der Waals surface area contributed by atoms with E-state index in [2.05, 4.69) is 56.4 Å². The largest absolute Gasteiger partial charge is 0.496 e. The molecule has 1 aromatic carbocycles. The van der Waals surface area contributed by atoms with Crippen LogP contribution in [0.5, 0.6) is 5.75 Å². The van der Waals surface area contributed by atoms with Crippen molar-refractivity contribution in [1.29, 1.82) is 0 Å². The molecule has 1 fully saturated rings. The number of aliphatic imine (C=N–C) groups is 1. The van der Waals surface area contributed by atoms with Gasteiger partial charge in [-0.2, -0.15) is 0 Å². The van der Waals surface area contributed by atoms with E-state index in [0.29, 0.717) is 6.54 Å². The van der Waals surface area contributed by atoms with E-state index >= 15 is 0 Å². The molecule has 1 aromatic rings. The first-order chi connectivity index (χ1) is 12.0. The van der Waals surface area contributed by atoms with E-state index in [9.17, 15) is 0 Å². The molecule has 1 heterocycles. The number of methoxy groups -OCH3 is 1. The molecule has 0 aliphatic carbocycles. The number of rotatable bonds is 6. The van der Waals surface area contributed by atoms with E-state index in [1.807, 2.05) is 12.1 Å². The smallest absolute Gasteiger partial charge is 0.191 e.